The molecule has 1 fully saturated rings. The van der Waals surface area contributed by atoms with Crippen LogP contribution in [-0.2, 0) is 10.0 Å². The number of benzene rings is 1. The molecule has 2 rings (SSSR count). The molecular weight excluding hydrogens is 517 g/mol. The van der Waals surface area contributed by atoms with Crippen molar-refractivity contribution in [3.8, 4) is 5.75 Å². The number of likely N-dealkylation sites (tertiary alicyclic amines) is 1. The van der Waals surface area contributed by atoms with E-state index in [1.165, 1.54) is 24.8 Å². The average Bonchev–Trinajstić information content (AvgIpc) is 2.76. The summed E-state index contributed by atoms with van der Waals surface area (Å²) in [4.78, 5) is 6.77. The fourth-order valence-corrected chi connectivity index (χ4v) is 4.03. The lowest BCUT2D eigenvalue weighted by Crippen LogP contribution is -2.46. The monoisotopic (exact) mass is 553 g/mol. The number of rotatable bonds is 10. The number of hydrogen-bond acceptors (Lipinski definition) is 5. The predicted octanol–water partition coefficient (Wildman–Crippen LogP) is 1.94. The maximum Gasteiger partial charge on any atom is 0.211 e. The lowest BCUT2D eigenvalue weighted by atomic mass is 10.0. The first-order valence-corrected chi connectivity index (χ1v) is 11.9. The van der Waals surface area contributed by atoms with Gasteiger partial charge in [-0.05, 0) is 50.6 Å². The molecule has 0 aromatic heterocycles. The van der Waals surface area contributed by atoms with Gasteiger partial charge in [-0.1, -0.05) is 18.6 Å². The molecule has 3 N–H and O–H groups in total. The maximum absolute atomic E-state index is 11.5. The van der Waals surface area contributed by atoms with Crippen LogP contribution in [0.5, 0.6) is 5.75 Å². The van der Waals surface area contributed by atoms with E-state index < -0.39 is 10.0 Å². The molecule has 1 aromatic rings. The molecule has 10 heteroatoms. The second kappa shape index (κ2) is 14.0. The van der Waals surface area contributed by atoms with Crippen LogP contribution in [-0.4, -0.2) is 71.9 Å². The summed E-state index contributed by atoms with van der Waals surface area (Å²) >= 11 is 0. The first kappa shape index (κ1) is 26.9. The van der Waals surface area contributed by atoms with Crippen molar-refractivity contribution in [1.82, 2.24) is 20.3 Å². The van der Waals surface area contributed by atoms with Gasteiger partial charge in [0.05, 0.1) is 18.9 Å². The van der Waals surface area contributed by atoms with E-state index in [2.05, 4.69) is 37.4 Å². The number of hydrogen-bond donors (Lipinski definition) is 3. The summed E-state index contributed by atoms with van der Waals surface area (Å²) in [6, 6.07) is 8.47. The zero-order valence-electron chi connectivity index (χ0n) is 18.2. The molecule has 30 heavy (non-hydrogen) atoms. The number of piperidine rings is 1. The van der Waals surface area contributed by atoms with Gasteiger partial charge in [-0.3, -0.25) is 9.89 Å². The third-order valence-electron chi connectivity index (χ3n) is 5.14. The zero-order valence-corrected chi connectivity index (χ0v) is 21.3. The highest BCUT2D eigenvalue weighted by molar-refractivity contribution is 14.0. The summed E-state index contributed by atoms with van der Waals surface area (Å²) in [7, 11) is 0.219. The number of halogens is 1. The molecule has 172 valence electrons. The zero-order chi connectivity index (χ0) is 21.1. The van der Waals surface area contributed by atoms with Crippen LogP contribution in [0, 0.1) is 0 Å². The van der Waals surface area contributed by atoms with Gasteiger partial charge >= 0.3 is 0 Å². The second-order valence-electron chi connectivity index (χ2n) is 7.06. The van der Waals surface area contributed by atoms with Gasteiger partial charge in [0.15, 0.2) is 5.96 Å². The van der Waals surface area contributed by atoms with Crippen LogP contribution >= 0.6 is 24.0 Å². The topological polar surface area (TPSA) is 95.1 Å². The molecule has 0 amide bonds. The Bertz CT molecular complexity index is 737. The highest BCUT2D eigenvalue weighted by Crippen LogP contribution is 2.25. The first-order chi connectivity index (χ1) is 14.0. The van der Waals surface area contributed by atoms with Crippen molar-refractivity contribution in [2.45, 2.75) is 32.2 Å². The van der Waals surface area contributed by atoms with E-state index in [1.807, 2.05) is 12.1 Å². The molecule has 0 aliphatic carbocycles. The van der Waals surface area contributed by atoms with Gasteiger partial charge < -0.3 is 15.4 Å². The van der Waals surface area contributed by atoms with Crippen LogP contribution in [0.25, 0.3) is 0 Å². The minimum absolute atomic E-state index is 0. The molecule has 1 atom stereocenters. The van der Waals surface area contributed by atoms with Crippen LogP contribution in [0.15, 0.2) is 29.3 Å². The van der Waals surface area contributed by atoms with E-state index in [9.17, 15) is 8.42 Å². The van der Waals surface area contributed by atoms with Crippen molar-refractivity contribution in [2.24, 2.45) is 4.99 Å². The standard InChI is InChI=1S/C20H35N5O3S.HI/c1-4-29(26,27)24-13-12-22-20(21-2)23-16-19(25-14-6-5-7-15-25)17-8-10-18(28-3)11-9-17;/h8-11,19,24H,4-7,12-16H2,1-3H3,(H2,21,22,23);1H. The highest BCUT2D eigenvalue weighted by atomic mass is 127. The molecule has 8 nitrogen and oxygen atoms in total. The second-order valence-corrected chi connectivity index (χ2v) is 9.16. The lowest BCUT2D eigenvalue weighted by Gasteiger charge is -2.35. The number of guanidine groups is 1. The number of sulfonamides is 1. The molecule has 1 heterocycles. The van der Waals surface area contributed by atoms with E-state index in [-0.39, 0.29) is 35.8 Å². The average molecular weight is 554 g/mol. The summed E-state index contributed by atoms with van der Waals surface area (Å²) in [6.07, 6.45) is 3.73. The molecule has 1 aliphatic heterocycles. The summed E-state index contributed by atoms with van der Waals surface area (Å²) < 4.78 is 30.9. The SMILES string of the molecule is CCS(=O)(=O)NCCNC(=NC)NCC(c1ccc(OC)cc1)N1CCCCC1.I. The van der Waals surface area contributed by atoms with Gasteiger partial charge in [0.2, 0.25) is 10.0 Å². The fourth-order valence-electron chi connectivity index (χ4n) is 3.42. The molecule has 0 bridgehead atoms. The van der Waals surface area contributed by atoms with Crippen molar-refractivity contribution in [3.63, 3.8) is 0 Å². The van der Waals surface area contributed by atoms with Crippen LogP contribution < -0.4 is 20.1 Å². The lowest BCUT2D eigenvalue weighted by molar-refractivity contribution is 0.164. The van der Waals surface area contributed by atoms with Crippen molar-refractivity contribution < 1.29 is 13.2 Å². The molecule has 0 spiro atoms. The molecular formula is C20H36IN5O3S. The van der Waals surface area contributed by atoms with Crippen LogP contribution in [0.1, 0.15) is 37.8 Å². The minimum atomic E-state index is -3.17. The quantitative estimate of drug-likeness (QED) is 0.178. The number of nitrogens with zero attached hydrogens (tertiary/aromatic N) is 2. The summed E-state index contributed by atoms with van der Waals surface area (Å²) in [5, 5.41) is 6.56. The van der Waals surface area contributed by atoms with Gasteiger partial charge in [0, 0.05) is 26.7 Å². The van der Waals surface area contributed by atoms with Crippen LogP contribution in [0.3, 0.4) is 0 Å². The fraction of sp³-hybridized carbons (Fsp3) is 0.650. The molecule has 0 radical (unpaired) electrons. The Kier molecular flexibility index (Phi) is 12.6. The van der Waals surface area contributed by atoms with Crippen molar-refractivity contribution >= 4 is 40.0 Å². The Labute approximate surface area is 198 Å². The van der Waals surface area contributed by atoms with Crippen molar-refractivity contribution in [1.29, 1.82) is 0 Å². The Balaban J connectivity index is 0.00000450. The first-order valence-electron chi connectivity index (χ1n) is 10.3. The van der Waals surface area contributed by atoms with E-state index in [0.717, 1.165) is 18.8 Å². The molecule has 1 aliphatic rings. The van der Waals surface area contributed by atoms with Crippen molar-refractivity contribution in [2.75, 3.05) is 52.6 Å². The highest BCUT2D eigenvalue weighted by Gasteiger charge is 2.22. The molecule has 0 saturated carbocycles. The third-order valence-corrected chi connectivity index (χ3v) is 6.54. The van der Waals surface area contributed by atoms with Gasteiger partial charge in [0.1, 0.15) is 5.75 Å². The smallest absolute Gasteiger partial charge is 0.211 e. The van der Waals surface area contributed by atoms with E-state index in [1.54, 1.807) is 21.1 Å². The predicted molar refractivity (Wildman–Crippen MR) is 133 cm³/mol. The Morgan fingerprint density at radius 2 is 1.80 bits per heavy atom. The Hall–Kier alpha value is -1.11. The Morgan fingerprint density at radius 3 is 2.37 bits per heavy atom. The summed E-state index contributed by atoms with van der Waals surface area (Å²) in [5.74, 6) is 1.60. The summed E-state index contributed by atoms with van der Waals surface area (Å²) in [5.41, 5.74) is 1.24. The van der Waals surface area contributed by atoms with Crippen LogP contribution in [0.2, 0.25) is 0 Å². The van der Waals surface area contributed by atoms with Gasteiger partial charge in [0.25, 0.3) is 0 Å². The van der Waals surface area contributed by atoms with Gasteiger partial charge in [-0.2, -0.15) is 0 Å². The third kappa shape index (κ3) is 8.94. The maximum atomic E-state index is 11.5. The minimum Gasteiger partial charge on any atom is -0.497 e. The number of ether oxygens (including phenoxy) is 1. The summed E-state index contributed by atoms with van der Waals surface area (Å²) in [6.45, 7) is 5.30. The van der Waals surface area contributed by atoms with Gasteiger partial charge in [-0.15, -0.1) is 24.0 Å². The number of aliphatic imine (C=N–C) groups is 1. The number of methoxy groups -OCH3 is 1. The molecule has 1 aromatic carbocycles. The Morgan fingerprint density at radius 1 is 1.13 bits per heavy atom. The van der Waals surface area contributed by atoms with E-state index >= 15 is 0 Å². The molecule has 1 unspecified atom stereocenters. The van der Waals surface area contributed by atoms with E-state index in [4.69, 9.17) is 4.74 Å². The van der Waals surface area contributed by atoms with E-state index in [0.29, 0.717) is 25.6 Å². The van der Waals surface area contributed by atoms with Gasteiger partial charge in [-0.25, -0.2) is 13.1 Å². The number of nitrogens with one attached hydrogen (secondary N) is 3. The normalized spacial score (nSPS) is 16.4. The van der Waals surface area contributed by atoms with Crippen molar-refractivity contribution in [3.05, 3.63) is 29.8 Å². The molecule has 1 saturated heterocycles. The largest absolute Gasteiger partial charge is 0.497 e. The van der Waals surface area contributed by atoms with Crippen LogP contribution in [0.4, 0.5) is 0 Å².